The standard InChI is InChI=1S/C17H16N2S/c1-13-6-5-7-14(10-13)12-19-16(11-18-17(19)20)15-8-3-2-4-9-15/h2-11H,12H2,1H3,(H,18,20). The van der Waals surface area contributed by atoms with Gasteiger partial charge in [-0.2, -0.15) is 0 Å². The number of H-pyrrole nitrogens is 1. The molecule has 2 nitrogen and oxygen atoms in total. The van der Waals surface area contributed by atoms with Crippen LogP contribution < -0.4 is 0 Å². The van der Waals surface area contributed by atoms with Gasteiger partial charge < -0.3 is 9.55 Å². The number of nitrogens with one attached hydrogen (secondary N) is 1. The lowest BCUT2D eigenvalue weighted by Crippen LogP contribution is -2.02. The number of hydrogen-bond acceptors (Lipinski definition) is 1. The largest absolute Gasteiger partial charge is 0.337 e. The lowest BCUT2D eigenvalue weighted by atomic mass is 10.1. The van der Waals surface area contributed by atoms with Crippen molar-refractivity contribution in [2.75, 3.05) is 0 Å². The number of aromatic amines is 1. The Labute approximate surface area is 123 Å². The number of imidazole rings is 1. The maximum atomic E-state index is 5.41. The molecule has 20 heavy (non-hydrogen) atoms. The number of hydrogen-bond donors (Lipinski definition) is 1. The number of aryl methyl sites for hydroxylation is 1. The quantitative estimate of drug-likeness (QED) is 0.697. The lowest BCUT2D eigenvalue weighted by molar-refractivity contribution is 0.791. The average Bonchev–Trinajstić information content (AvgIpc) is 2.81. The van der Waals surface area contributed by atoms with Crippen LogP contribution >= 0.6 is 12.2 Å². The third-order valence-electron chi connectivity index (χ3n) is 3.36. The Bertz CT molecular complexity index is 769. The van der Waals surface area contributed by atoms with Gasteiger partial charge in [0.05, 0.1) is 12.2 Å². The fraction of sp³-hybridized carbons (Fsp3) is 0.118. The first kappa shape index (κ1) is 12.9. The molecule has 0 aliphatic heterocycles. The molecular weight excluding hydrogens is 264 g/mol. The van der Waals surface area contributed by atoms with Crippen LogP contribution in [0.4, 0.5) is 0 Å². The fourth-order valence-corrected chi connectivity index (χ4v) is 2.62. The molecule has 0 spiro atoms. The summed E-state index contributed by atoms with van der Waals surface area (Å²) < 4.78 is 2.89. The van der Waals surface area contributed by atoms with Gasteiger partial charge in [0, 0.05) is 6.20 Å². The number of rotatable bonds is 3. The third kappa shape index (κ3) is 2.58. The minimum atomic E-state index is 0.755. The first-order chi connectivity index (χ1) is 9.74. The van der Waals surface area contributed by atoms with Gasteiger partial charge >= 0.3 is 0 Å². The zero-order valence-corrected chi connectivity index (χ0v) is 12.2. The maximum Gasteiger partial charge on any atom is 0.177 e. The van der Waals surface area contributed by atoms with Gasteiger partial charge in [-0.3, -0.25) is 0 Å². The topological polar surface area (TPSA) is 20.7 Å². The van der Waals surface area contributed by atoms with Crippen LogP contribution in [-0.4, -0.2) is 9.55 Å². The minimum Gasteiger partial charge on any atom is -0.337 e. The van der Waals surface area contributed by atoms with Crippen LogP contribution in [0.2, 0.25) is 0 Å². The smallest absolute Gasteiger partial charge is 0.177 e. The summed E-state index contributed by atoms with van der Waals surface area (Å²) in [4.78, 5) is 3.15. The van der Waals surface area contributed by atoms with E-state index in [1.165, 1.54) is 16.7 Å². The second-order valence-corrected chi connectivity index (χ2v) is 5.31. The Morgan fingerprint density at radius 2 is 1.85 bits per heavy atom. The molecular formula is C17H16N2S. The highest BCUT2D eigenvalue weighted by Crippen LogP contribution is 2.20. The minimum absolute atomic E-state index is 0.755. The molecule has 0 aliphatic rings. The molecule has 0 saturated heterocycles. The average molecular weight is 280 g/mol. The van der Waals surface area contributed by atoms with Crippen molar-refractivity contribution < 1.29 is 0 Å². The SMILES string of the molecule is Cc1cccc(Cn2c(-c3ccccc3)c[nH]c2=S)c1. The molecule has 1 aromatic heterocycles. The molecule has 3 rings (SSSR count). The van der Waals surface area contributed by atoms with Crippen LogP contribution in [0.3, 0.4) is 0 Å². The summed E-state index contributed by atoms with van der Waals surface area (Å²) in [5.74, 6) is 0. The van der Waals surface area contributed by atoms with Gasteiger partial charge in [0.25, 0.3) is 0 Å². The monoisotopic (exact) mass is 280 g/mol. The summed E-state index contributed by atoms with van der Waals surface area (Å²) in [5.41, 5.74) is 4.83. The van der Waals surface area contributed by atoms with Crippen LogP contribution in [0.15, 0.2) is 60.8 Å². The number of aromatic nitrogens is 2. The Balaban J connectivity index is 2.02. The van der Waals surface area contributed by atoms with Crippen molar-refractivity contribution in [3.63, 3.8) is 0 Å². The van der Waals surface area contributed by atoms with Gasteiger partial charge in [0.1, 0.15) is 0 Å². The fourth-order valence-electron chi connectivity index (χ4n) is 2.39. The van der Waals surface area contributed by atoms with Gasteiger partial charge in [-0.25, -0.2) is 0 Å². The summed E-state index contributed by atoms with van der Waals surface area (Å²) in [5, 5.41) is 0. The van der Waals surface area contributed by atoms with Gasteiger partial charge in [-0.15, -0.1) is 0 Å². The highest BCUT2D eigenvalue weighted by Gasteiger charge is 2.07. The molecule has 1 heterocycles. The molecule has 3 aromatic rings. The Kier molecular flexibility index (Phi) is 3.52. The lowest BCUT2D eigenvalue weighted by Gasteiger charge is -2.09. The van der Waals surface area contributed by atoms with Crippen molar-refractivity contribution in [1.29, 1.82) is 0 Å². The molecule has 2 aromatic carbocycles. The molecule has 0 aliphatic carbocycles. The molecule has 100 valence electrons. The van der Waals surface area contributed by atoms with Crippen molar-refractivity contribution in [2.24, 2.45) is 0 Å². The van der Waals surface area contributed by atoms with E-state index in [4.69, 9.17) is 12.2 Å². The van der Waals surface area contributed by atoms with Crippen LogP contribution in [0, 0.1) is 11.7 Å². The molecule has 0 radical (unpaired) electrons. The molecule has 1 N–H and O–H groups in total. The van der Waals surface area contributed by atoms with Gasteiger partial charge in [-0.05, 0) is 30.3 Å². The molecule has 0 atom stereocenters. The van der Waals surface area contributed by atoms with Crippen molar-refractivity contribution in [3.8, 4) is 11.3 Å². The van der Waals surface area contributed by atoms with E-state index < -0.39 is 0 Å². The highest BCUT2D eigenvalue weighted by molar-refractivity contribution is 7.71. The van der Waals surface area contributed by atoms with E-state index in [0.717, 1.165) is 17.0 Å². The Morgan fingerprint density at radius 1 is 1.05 bits per heavy atom. The Morgan fingerprint density at radius 3 is 2.60 bits per heavy atom. The summed E-state index contributed by atoms with van der Waals surface area (Å²) in [6.45, 7) is 2.90. The normalized spacial score (nSPS) is 10.7. The van der Waals surface area contributed by atoms with E-state index in [2.05, 4.69) is 52.9 Å². The summed E-state index contributed by atoms with van der Waals surface area (Å²) in [7, 11) is 0. The highest BCUT2D eigenvalue weighted by atomic mass is 32.1. The van der Waals surface area contributed by atoms with E-state index in [1.54, 1.807) is 0 Å². The predicted octanol–water partition coefficient (Wildman–Crippen LogP) is 4.57. The van der Waals surface area contributed by atoms with Crippen molar-refractivity contribution in [2.45, 2.75) is 13.5 Å². The van der Waals surface area contributed by atoms with Gasteiger partial charge in [0.2, 0.25) is 0 Å². The summed E-state index contributed by atoms with van der Waals surface area (Å²) in [6, 6.07) is 18.8. The third-order valence-corrected chi connectivity index (χ3v) is 3.70. The second-order valence-electron chi connectivity index (χ2n) is 4.92. The molecule has 3 heteroatoms. The van der Waals surface area contributed by atoms with E-state index in [9.17, 15) is 0 Å². The van der Waals surface area contributed by atoms with Crippen LogP contribution in [0.5, 0.6) is 0 Å². The number of nitrogens with zero attached hydrogens (tertiary/aromatic N) is 1. The van der Waals surface area contributed by atoms with E-state index in [-0.39, 0.29) is 0 Å². The van der Waals surface area contributed by atoms with Gasteiger partial charge in [-0.1, -0.05) is 60.2 Å². The summed E-state index contributed by atoms with van der Waals surface area (Å²) >= 11 is 5.41. The maximum absolute atomic E-state index is 5.41. The molecule has 0 bridgehead atoms. The summed E-state index contributed by atoms with van der Waals surface area (Å²) in [6.07, 6.45) is 1.98. The first-order valence-corrected chi connectivity index (χ1v) is 7.04. The van der Waals surface area contributed by atoms with Crippen molar-refractivity contribution >= 4 is 12.2 Å². The molecule has 0 unspecified atom stereocenters. The van der Waals surface area contributed by atoms with E-state index in [0.29, 0.717) is 0 Å². The molecule has 0 fully saturated rings. The Hall–Kier alpha value is -2.13. The van der Waals surface area contributed by atoms with Crippen LogP contribution in [-0.2, 0) is 6.54 Å². The van der Waals surface area contributed by atoms with Gasteiger partial charge in [0.15, 0.2) is 4.77 Å². The predicted molar refractivity (Wildman–Crippen MR) is 85.3 cm³/mol. The number of benzene rings is 2. The zero-order chi connectivity index (χ0) is 13.9. The second kappa shape index (κ2) is 5.47. The van der Waals surface area contributed by atoms with E-state index >= 15 is 0 Å². The zero-order valence-electron chi connectivity index (χ0n) is 11.3. The first-order valence-electron chi connectivity index (χ1n) is 6.63. The molecule has 0 amide bonds. The van der Waals surface area contributed by atoms with Crippen molar-refractivity contribution in [1.82, 2.24) is 9.55 Å². The van der Waals surface area contributed by atoms with Crippen LogP contribution in [0.1, 0.15) is 11.1 Å². The van der Waals surface area contributed by atoms with Crippen molar-refractivity contribution in [3.05, 3.63) is 76.7 Å². The van der Waals surface area contributed by atoms with E-state index in [1.807, 2.05) is 24.4 Å². The molecule has 0 saturated carbocycles. The van der Waals surface area contributed by atoms with Crippen LogP contribution in [0.25, 0.3) is 11.3 Å².